The number of aromatic nitrogens is 2. The Balaban J connectivity index is 1.39. The van der Waals surface area contributed by atoms with Gasteiger partial charge in [0.2, 0.25) is 0 Å². The topological polar surface area (TPSA) is 49.0 Å². The second-order valence-electron chi connectivity index (χ2n) is 8.93. The van der Waals surface area contributed by atoms with Gasteiger partial charge in [0.25, 0.3) is 5.91 Å². The molecule has 5 rings (SSSR count). The fourth-order valence-electron chi connectivity index (χ4n) is 4.60. The third-order valence-electron chi connectivity index (χ3n) is 6.05. The van der Waals surface area contributed by atoms with Crippen molar-refractivity contribution in [2.45, 2.75) is 44.7 Å². The molecule has 1 aliphatic carbocycles. The molecule has 2 aliphatic rings. The van der Waals surface area contributed by atoms with Gasteiger partial charge in [0.05, 0.1) is 5.69 Å². The largest absolute Gasteiger partial charge is 0.330 e. The molecular weight excluding hydrogens is 378 g/mol. The highest BCUT2D eigenvalue weighted by atomic mass is 32.2. The Hall–Kier alpha value is -2.53. The van der Waals surface area contributed by atoms with E-state index < -0.39 is 0 Å². The minimum atomic E-state index is 0.119. The van der Waals surface area contributed by atoms with Crippen molar-refractivity contribution in [3.63, 3.8) is 0 Å². The molecule has 1 aromatic heterocycles. The Labute approximate surface area is 175 Å². The van der Waals surface area contributed by atoms with Crippen LogP contribution in [0.4, 0.5) is 0 Å². The molecule has 148 valence electrons. The van der Waals surface area contributed by atoms with Crippen molar-refractivity contribution in [1.82, 2.24) is 15.1 Å². The maximum Gasteiger partial charge on any atom is 0.254 e. The zero-order chi connectivity index (χ0) is 20.2. The number of hydrogen-bond donors (Lipinski definition) is 1. The van der Waals surface area contributed by atoms with E-state index in [9.17, 15) is 4.79 Å². The van der Waals surface area contributed by atoms with Crippen molar-refractivity contribution >= 4 is 17.7 Å². The molecule has 0 bridgehead atoms. The van der Waals surface area contributed by atoms with E-state index in [-0.39, 0.29) is 11.3 Å². The molecule has 0 radical (unpaired) electrons. The molecule has 1 aliphatic heterocycles. The van der Waals surface area contributed by atoms with Gasteiger partial charge in [-0.25, -0.2) is 0 Å². The molecule has 0 atom stereocenters. The number of hydrogen-bond acceptors (Lipinski definition) is 3. The molecule has 0 saturated heterocycles. The van der Waals surface area contributed by atoms with Crippen molar-refractivity contribution in [1.29, 1.82) is 0 Å². The van der Waals surface area contributed by atoms with E-state index >= 15 is 0 Å². The summed E-state index contributed by atoms with van der Waals surface area (Å²) in [5.74, 6) is 0.119. The zero-order valence-corrected chi connectivity index (χ0v) is 17.9. The quantitative estimate of drug-likeness (QED) is 0.618. The highest BCUT2D eigenvalue weighted by Gasteiger charge is 2.33. The predicted molar refractivity (Wildman–Crippen MR) is 117 cm³/mol. The molecule has 1 amide bonds. The van der Waals surface area contributed by atoms with Crippen molar-refractivity contribution in [2.24, 2.45) is 5.41 Å². The van der Waals surface area contributed by atoms with Crippen LogP contribution in [0.5, 0.6) is 0 Å². The summed E-state index contributed by atoms with van der Waals surface area (Å²) in [4.78, 5) is 16.1. The summed E-state index contributed by atoms with van der Waals surface area (Å²) in [6.45, 7) is 5.90. The average Bonchev–Trinajstić information content (AvgIpc) is 3.32. The number of nitrogens with zero attached hydrogens (tertiary/aromatic N) is 2. The number of H-pyrrole nitrogens is 1. The molecule has 2 heterocycles. The SMILES string of the molecule is CSc1ccc(CN2Cc3cc(-c4n[nH]c5c4CC(C)(C)C5)ccc3C2=O)cc1. The summed E-state index contributed by atoms with van der Waals surface area (Å²) in [5.41, 5.74) is 8.13. The van der Waals surface area contributed by atoms with Crippen LogP contribution in [0, 0.1) is 5.41 Å². The number of aromatic amines is 1. The molecule has 4 nitrogen and oxygen atoms in total. The van der Waals surface area contributed by atoms with E-state index in [0.717, 1.165) is 40.8 Å². The van der Waals surface area contributed by atoms with Crippen LogP contribution in [-0.4, -0.2) is 27.3 Å². The van der Waals surface area contributed by atoms with Crippen LogP contribution in [0.25, 0.3) is 11.3 Å². The summed E-state index contributed by atoms with van der Waals surface area (Å²) < 4.78 is 0. The smallest absolute Gasteiger partial charge is 0.254 e. The van der Waals surface area contributed by atoms with Crippen LogP contribution in [0.1, 0.15) is 46.6 Å². The summed E-state index contributed by atoms with van der Waals surface area (Å²) in [6.07, 6.45) is 4.16. The second kappa shape index (κ2) is 6.77. The minimum Gasteiger partial charge on any atom is -0.330 e. The maximum absolute atomic E-state index is 12.9. The predicted octanol–water partition coefficient (Wildman–Crippen LogP) is 5.08. The van der Waals surface area contributed by atoms with Crippen LogP contribution in [0.2, 0.25) is 0 Å². The van der Waals surface area contributed by atoms with Crippen LogP contribution >= 0.6 is 11.8 Å². The van der Waals surface area contributed by atoms with Crippen LogP contribution in [0.3, 0.4) is 0 Å². The van der Waals surface area contributed by atoms with Gasteiger partial charge in [-0.05, 0) is 59.9 Å². The number of carbonyl (C=O) groups excluding carboxylic acids is 1. The summed E-state index contributed by atoms with van der Waals surface area (Å²) >= 11 is 1.73. The van der Waals surface area contributed by atoms with Crippen molar-refractivity contribution < 1.29 is 4.79 Å². The van der Waals surface area contributed by atoms with Gasteiger partial charge in [0.1, 0.15) is 0 Å². The molecule has 5 heteroatoms. The van der Waals surface area contributed by atoms with Crippen molar-refractivity contribution in [3.05, 3.63) is 70.4 Å². The number of fused-ring (bicyclic) bond motifs is 2. The molecule has 3 aromatic rings. The first-order chi connectivity index (χ1) is 13.9. The summed E-state index contributed by atoms with van der Waals surface area (Å²) in [5, 5.41) is 7.83. The van der Waals surface area contributed by atoms with Crippen molar-refractivity contribution in [3.8, 4) is 11.3 Å². The van der Waals surface area contributed by atoms with Gasteiger partial charge in [-0.1, -0.05) is 32.0 Å². The van der Waals surface area contributed by atoms with E-state index in [1.807, 2.05) is 11.0 Å². The Kier molecular flexibility index (Phi) is 4.32. The summed E-state index contributed by atoms with van der Waals surface area (Å²) in [7, 11) is 0. The molecule has 2 aromatic carbocycles. The fourth-order valence-corrected chi connectivity index (χ4v) is 5.01. The van der Waals surface area contributed by atoms with Crippen molar-refractivity contribution in [2.75, 3.05) is 6.26 Å². The van der Waals surface area contributed by atoms with E-state index in [2.05, 4.69) is 66.7 Å². The fraction of sp³-hybridized carbons (Fsp3) is 0.333. The monoisotopic (exact) mass is 403 g/mol. The average molecular weight is 404 g/mol. The first kappa shape index (κ1) is 18.5. The number of carbonyl (C=O) groups is 1. The maximum atomic E-state index is 12.9. The third kappa shape index (κ3) is 3.27. The van der Waals surface area contributed by atoms with Crippen LogP contribution in [-0.2, 0) is 25.9 Å². The standard InChI is InChI=1S/C24H25N3OS/c1-24(2)11-20-21(12-24)25-26-22(20)16-6-9-19-17(10-16)14-27(23(19)28)13-15-4-7-18(29-3)8-5-15/h4-10H,11-14H2,1-3H3,(H,25,26). The lowest BCUT2D eigenvalue weighted by Gasteiger charge is -2.16. The highest BCUT2D eigenvalue weighted by molar-refractivity contribution is 7.98. The Morgan fingerprint density at radius 2 is 1.93 bits per heavy atom. The van der Waals surface area contributed by atoms with Gasteiger partial charge in [-0.2, -0.15) is 5.10 Å². The number of amides is 1. The lowest BCUT2D eigenvalue weighted by molar-refractivity contribution is 0.0766. The van der Waals surface area contributed by atoms with Gasteiger partial charge in [0.15, 0.2) is 0 Å². The van der Waals surface area contributed by atoms with E-state index in [1.165, 1.54) is 16.2 Å². The number of nitrogens with one attached hydrogen (secondary N) is 1. The summed E-state index contributed by atoms with van der Waals surface area (Å²) in [6, 6.07) is 14.6. The van der Waals surface area contributed by atoms with Crippen LogP contribution in [0.15, 0.2) is 47.4 Å². The Morgan fingerprint density at radius 3 is 2.69 bits per heavy atom. The van der Waals surface area contributed by atoms with Gasteiger partial charge < -0.3 is 4.90 Å². The van der Waals surface area contributed by atoms with Crippen LogP contribution < -0.4 is 0 Å². The van der Waals surface area contributed by atoms with Gasteiger partial charge in [0, 0.05) is 40.4 Å². The zero-order valence-electron chi connectivity index (χ0n) is 17.1. The third-order valence-corrected chi connectivity index (χ3v) is 6.80. The number of benzene rings is 2. The minimum absolute atomic E-state index is 0.119. The number of rotatable bonds is 4. The Morgan fingerprint density at radius 1 is 1.14 bits per heavy atom. The van der Waals surface area contributed by atoms with E-state index in [1.54, 1.807) is 11.8 Å². The lowest BCUT2D eigenvalue weighted by Crippen LogP contribution is -2.23. The number of thioether (sulfide) groups is 1. The van der Waals surface area contributed by atoms with Gasteiger partial charge in [-0.3, -0.25) is 9.89 Å². The molecule has 29 heavy (non-hydrogen) atoms. The first-order valence-electron chi connectivity index (χ1n) is 10.1. The van der Waals surface area contributed by atoms with E-state index in [0.29, 0.717) is 13.1 Å². The molecule has 1 N–H and O–H groups in total. The van der Waals surface area contributed by atoms with Gasteiger partial charge >= 0.3 is 0 Å². The van der Waals surface area contributed by atoms with E-state index in [4.69, 9.17) is 0 Å². The molecule has 0 saturated carbocycles. The Bertz CT molecular complexity index is 1100. The molecule has 0 fully saturated rings. The molecule has 0 spiro atoms. The molecular formula is C24H25N3OS. The highest BCUT2D eigenvalue weighted by Crippen LogP contribution is 2.40. The second-order valence-corrected chi connectivity index (χ2v) is 9.81. The first-order valence-corrected chi connectivity index (χ1v) is 11.3. The molecule has 0 unspecified atom stereocenters. The van der Waals surface area contributed by atoms with Gasteiger partial charge in [-0.15, -0.1) is 11.8 Å². The lowest BCUT2D eigenvalue weighted by atomic mass is 9.90. The normalized spacial score (nSPS) is 16.9.